The molecule has 0 aliphatic carbocycles. The van der Waals surface area contributed by atoms with Gasteiger partial charge < -0.3 is 5.32 Å². The summed E-state index contributed by atoms with van der Waals surface area (Å²) < 4.78 is 52.7. The molecular weight excluding hydrogens is 274 g/mol. The average Bonchev–Trinajstić information content (AvgIpc) is 2.39. The molecule has 6 heteroatoms. The van der Waals surface area contributed by atoms with E-state index in [-0.39, 0.29) is 5.56 Å². The van der Waals surface area contributed by atoms with Crippen molar-refractivity contribution in [3.8, 4) is 0 Å². The second-order valence-corrected chi connectivity index (χ2v) is 4.16. The van der Waals surface area contributed by atoms with Crippen LogP contribution in [0.15, 0.2) is 30.3 Å². The Hall–Kier alpha value is -2.37. The molecule has 0 unspecified atom stereocenters. The molecule has 0 saturated carbocycles. The standard InChI is InChI=1S/C14H9F4NO/c1-7-2-3-8(10(16)6-7)14(20)19-11-5-4-9(15)12(17)13(11)18/h2-6H,1H3,(H,19,20). The van der Waals surface area contributed by atoms with Crippen molar-refractivity contribution in [2.45, 2.75) is 6.92 Å². The first kappa shape index (κ1) is 14.0. The molecule has 0 saturated heterocycles. The zero-order valence-electron chi connectivity index (χ0n) is 10.3. The van der Waals surface area contributed by atoms with E-state index in [1.807, 2.05) is 5.32 Å². The van der Waals surface area contributed by atoms with Crippen LogP contribution in [0.4, 0.5) is 23.2 Å². The zero-order chi connectivity index (χ0) is 14.9. The van der Waals surface area contributed by atoms with Crippen molar-refractivity contribution in [3.63, 3.8) is 0 Å². The first-order valence-electron chi connectivity index (χ1n) is 5.61. The molecule has 0 heterocycles. The Kier molecular flexibility index (Phi) is 3.74. The van der Waals surface area contributed by atoms with Gasteiger partial charge in [0, 0.05) is 0 Å². The first-order chi connectivity index (χ1) is 9.40. The SMILES string of the molecule is Cc1ccc(C(=O)Nc2ccc(F)c(F)c2F)c(F)c1. The smallest absolute Gasteiger partial charge is 0.258 e. The van der Waals surface area contributed by atoms with Crippen molar-refractivity contribution in [2.24, 2.45) is 0 Å². The van der Waals surface area contributed by atoms with Crippen molar-refractivity contribution < 1.29 is 22.4 Å². The molecule has 2 nitrogen and oxygen atoms in total. The Morgan fingerprint density at radius 3 is 2.30 bits per heavy atom. The van der Waals surface area contributed by atoms with Gasteiger partial charge in [-0.05, 0) is 36.8 Å². The van der Waals surface area contributed by atoms with E-state index in [0.717, 1.165) is 12.1 Å². The van der Waals surface area contributed by atoms with Gasteiger partial charge in [0.15, 0.2) is 17.5 Å². The summed E-state index contributed by atoms with van der Waals surface area (Å²) in [6, 6.07) is 5.38. The summed E-state index contributed by atoms with van der Waals surface area (Å²) >= 11 is 0. The van der Waals surface area contributed by atoms with Crippen LogP contribution in [0.2, 0.25) is 0 Å². The highest BCUT2D eigenvalue weighted by molar-refractivity contribution is 6.04. The van der Waals surface area contributed by atoms with Crippen molar-refractivity contribution in [1.29, 1.82) is 0 Å². The van der Waals surface area contributed by atoms with Crippen molar-refractivity contribution in [2.75, 3.05) is 5.32 Å². The van der Waals surface area contributed by atoms with Gasteiger partial charge in [-0.1, -0.05) is 6.07 Å². The molecule has 0 spiro atoms. The lowest BCUT2D eigenvalue weighted by molar-refractivity contribution is 0.102. The second kappa shape index (κ2) is 5.32. The van der Waals surface area contributed by atoms with Gasteiger partial charge in [-0.3, -0.25) is 4.79 Å². The van der Waals surface area contributed by atoms with Crippen LogP contribution in [0.3, 0.4) is 0 Å². The molecular formula is C14H9F4NO. The number of aryl methyl sites for hydroxylation is 1. The normalized spacial score (nSPS) is 10.4. The maximum absolute atomic E-state index is 13.6. The molecule has 1 N–H and O–H groups in total. The minimum atomic E-state index is -1.70. The molecule has 104 valence electrons. The van der Waals surface area contributed by atoms with Crippen LogP contribution in [0.1, 0.15) is 15.9 Å². The Bertz CT molecular complexity index is 685. The van der Waals surface area contributed by atoms with Gasteiger partial charge in [0.1, 0.15) is 5.82 Å². The van der Waals surface area contributed by atoms with Gasteiger partial charge in [-0.25, -0.2) is 17.6 Å². The Labute approximate surface area is 112 Å². The van der Waals surface area contributed by atoms with Crippen molar-refractivity contribution in [3.05, 3.63) is 64.7 Å². The minimum Gasteiger partial charge on any atom is -0.319 e. The molecule has 2 aromatic carbocycles. The predicted octanol–water partition coefficient (Wildman–Crippen LogP) is 3.80. The second-order valence-electron chi connectivity index (χ2n) is 4.16. The minimum absolute atomic E-state index is 0.320. The highest BCUT2D eigenvalue weighted by Gasteiger charge is 2.17. The Balaban J connectivity index is 2.30. The van der Waals surface area contributed by atoms with Gasteiger partial charge >= 0.3 is 0 Å². The number of rotatable bonds is 2. The number of carbonyl (C=O) groups excluding carboxylic acids is 1. The molecule has 0 aliphatic heterocycles. The summed E-state index contributed by atoms with van der Waals surface area (Å²) in [7, 11) is 0. The van der Waals surface area contributed by atoms with Crippen molar-refractivity contribution in [1.82, 2.24) is 0 Å². The summed E-state index contributed by atoms with van der Waals surface area (Å²) in [5.74, 6) is -6.35. The lowest BCUT2D eigenvalue weighted by atomic mass is 10.1. The maximum Gasteiger partial charge on any atom is 0.258 e. The van der Waals surface area contributed by atoms with Gasteiger partial charge in [-0.15, -0.1) is 0 Å². The third-order valence-corrected chi connectivity index (χ3v) is 2.65. The van der Waals surface area contributed by atoms with Crippen LogP contribution in [0, 0.1) is 30.2 Å². The van der Waals surface area contributed by atoms with E-state index >= 15 is 0 Å². The lowest BCUT2D eigenvalue weighted by Gasteiger charge is -2.08. The van der Waals surface area contributed by atoms with Crippen molar-refractivity contribution >= 4 is 11.6 Å². The molecule has 0 aromatic heterocycles. The molecule has 0 aliphatic rings. The van der Waals surface area contributed by atoms with Crippen LogP contribution < -0.4 is 5.32 Å². The molecule has 2 aromatic rings. The summed E-state index contributed by atoms with van der Waals surface area (Å²) in [5.41, 5.74) is -0.272. The Morgan fingerprint density at radius 1 is 0.950 bits per heavy atom. The van der Waals surface area contributed by atoms with E-state index < -0.39 is 34.9 Å². The fraction of sp³-hybridized carbons (Fsp3) is 0.0714. The van der Waals surface area contributed by atoms with Crippen LogP contribution in [-0.2, 0) is 0 Å². The van der Waals surface area contributed by atoms with E-state index in [1.54, 1.807) is 6.92 Å². The molecule has 0 fully saturated rings. The molecule has 0 radical (unpaired) electrons. The number of anilines is 1. The van der Waals surface area contributed by atoms with E-state index in [2.05, 4.69) is 0 Å². The van der Waals surface area contributed by atoms with Crippen LogP contribution in [-0.4, -0.2) is 5.91 Å². The monoisotopic (exact) mass is 283 g/mol. The highest BCUT2D eigenvalue weighted by Crippen LogP contribution is 2.21. The highest BCUT2D eigenvalue weighted by atomic mass is 19.2. The number of hydrogen-bond donors (Lipinski definition) is 1. The number of amides is 1. The molecule has 20 heavy (non-hydrogen) atoms. The predicted molar refractivity (Wildman–Crippen MR) is 65.4 cm³/mol. The summed E-state index contributed by atoms with van der Waals surface area (Å²) in [6.45, 7) is 1.64. The summed E-state index contributed by atoms with van der Waals surface area (Å²) in [5, 5.41) is 1.99. The maximum atomic E-state index is 13.6. The van der Waals surface area contributed by atoms with Crippen LogP contribution in [0.25, 0.3) is 0 Å². The molecule has 2 rings (SSSR count). The third kappa shape index (κ3) is 2.64. The fourth-order valence-corrected chi connectivity index (χ4v) is 1.62. The van der Waals surface area contributed by atoms with Crippen LogP contribution in [0.5, 0.6) is 0 Å². The fourth-order valence-electron chi connectivity index (χ4n) is 1.62. The van der Waals surface area contributed by atoms with E-state index in [9.17, 15) is 22.4 Å². The Morgan fingerprint density at radius 2 is 1.65 bits per heavy atom. The summed E-state index contributed by atoms with van der Waals surface area (Å²) in [4.78, 5) is 11.8. The topological polar surface area (TPSA) is 29.1 Å². The zero-order valence-corrected chi connectivity index (χ0v) is 10.3. The van der Waals surface area contributed by atoms with Gasteiger partial charge in [0.2, 0.25) is 0 Å². The summed E-state index contributed by atoms with van der Waals surface area (Å²) in [6.07, 6.45) is 0. The van der Waals surface area contributed by atoms with E-state index in [4.69, 9.17) is 0 Å². The quantitative estimate of drug-likeness (QED) is 0.659. The molecule has 0 bridgehead atoms. The number of halogens is 4. The van der Waals surface area contributed by atoms with Gasteiger partial charge in [0.25, 0.3) is 5.91 Å². The molecule has 0 atom stereocenters. The van der Waals surface area contributed by atoms with E-state index in [0.29, 0.717) is 11.6 Å². The first-order valence-corrected chi connectivity index (χ1v) is 5.61. The average molecular weight is 283 g/mol. The lowest BCUT2D eigenvalue weighted by Crippen LogP contribution is -2.15. The van der Waals surface area contributed by atoms with Gasteiger partial charge in [-0.2, -0.15) is 0 Å². The van der Waals surface area contributed by atoms with Crippen LogP contribution >= 0.6 is 0 Å². The van der Waals surface area contributed by atoms with E-state index in [1.165, 1.54) is 12.1 Å². The third-order valence-electron chi connectivity index (χ3n) is 2.65. The molecule has 1 amide bonds. The number of nitrogens with one attached hydrogen (secondary N) is 1. The number of benzene rings is 2. The number of hydrogen-bond acceptors (Lipinski definition) is 1. The largest absolute Gasteiger partial charge is 0.319 e. The van der Waals surface area contributed by atoms with Gasteiger partial charge in [0.05, 0.1) is 11.3 Å². The number of carbonyl (C=O) groups is 1.